The first kappa shape index (κ1) is 24.1. The van der Waals surface area contributed by atoms with Gasteiger partial charge in [-0.2, -0.15) is 0 Å². The summed E-state index contributed by atoms with van der Waals surface area (Å²) in [5.41, 5.74) is 1.40. The quantitative estimate of drug-likeness (QED) is 0.607. The molecule has 2 saturated heterocycles. The molecule has 2 fully saturated rings. The van der Waals surface area contributed by atoms with Crippen LogP contribution in [0.3, 0.4) is 0 Å². The van der Waals surface area contributed by atoms with Gasteiger partial charge in [0.25, 0.3) is 5.91 Å². The maximum absolute atomic E-state index is 12.9. The number of carbonyl (C=O) groups is 3. The van der Waals surface area contributed by atoms with E-state index < -0.39 is 0 Å². The molecule has 3 aliphatic rings. The fourth-order valence-corrected chi connectivity index (χ4v) is 4.72. The number of carbonyl (C=O) groups excluding carboxylic acids is 3. The van der Waals surface area contributed by atoms with Crippen LogP contribution in [0.1, 0.15) is 23.2 Å². The molecule has 0 saturated carbocycles. The van der Waals surface area contributed by atoms with Crippen LogP contribution in [0.25, 0.3) is 0 Å². The number of amides is 3. The predicted octanol–water partition coefficient (Wildman–Crippen LogP) is 1.85. The molecule has 10 nitrogen and oxygen atoms in total. The molecule has 3 aliphatic heterocycles. The van der Waals surface area contributed by atoms with Gasteiger partial charge < -0.3 is 25.0 Å². The summed E-state index contributed by atoms with van der Waals surface area (Å²) in [7, 11) is 0. The van der Waals surface area contributed by atoms with E-state index in [1.807, 2.05) is 4.90 Å². The van der Waals surface area contributed by atoms with Gasteiger partial charge >= 0.3 is 0 Å². The molecule has 0 radical (unpaired) electrons. The van der Waals surface area contributed by atoms with Crippen LogP contribution in [-0.4, -0.2) is 91.6 Å². The Morgan fingerprint density at radius 2 is 1.47 bits per heavy atom. The van der Waals surface area contributed by atoms with Gasteiger partial charge in [0, 0.05) is 51.0 Å². The number of nitrogens with one attached hydrogen (secondary N) is 2. The van der Waals surface area contributed by atoms with Crippen molar-refractivity contribution in [3.05, 3.63) is 48.0 Å². The fraction of sp³-hybridized carbons (Fsp3) is 0.423. The Balaban J connectivity index is 1.12. The summed E-state index contributed by atoms with van der Waals surface area (Å²) < 4.78 is 10.7. The van der Waals surface area contributed by atoms with Crippen LogP contribution >= 0.6 is 0 Å². The van der Waals surface area contributed by atoms with Crippen LogP contribution in [0, 0.1) is 0 Å². The zero-order valence-corrected chi connectivity index (χ0v) is 20.2. The maximum Gasteiger partial charge on any atom is 0.257 e. The van der Waals surface area contributed by atoms with Crippen molar-refractivity contribution >= 4 is 29.1 Å². The Kier molecular flexibility index (Phi) is 7.33. The van der Waals surface area contributed by atoms with Gasteiger partial charge in [0.1, 0.15) is 0 Å². The Morgan fingerprint density at radius 1 is 0.778 bits per heavy atom. The Hall–Kier alpha value is -3.63. The average molecular weight is 494 g/mol. The second kappa shape index (κ2) is 11.0. The van der Waals surface area contributed by atoms with E-state index in [0.29, 0.717) is 48.1 Å². The highest BCUT2D eigenvalue weighted by Gasteiger charge is 2.24. The van der Waals surface area contributed by atoms with Gasteiger partial charge in [-0.3, -0.25) is 24.2 Å². The Morgan fingerprint density at radius 3 is 2.25 bits per heavy atom. The summed E-state index contributed by atoms with van der Waals surface area (Å²) >= 11 is 0. The molecule has 0 aromatic heterocycles. The molecule has 2 aromatic rings. The molecular weight excluding hydrogens is 462 g/mol. The molecule has 0 spiro atoms. The Bertz CT molecular complexity index is 1130. The van der Waals surface area contributed by atoms with Gasteiger partial charge in [-0.15, -0.1) is 0 Å². The summed E-state index contributed by atoms with van der Waals surface area (Å²) in [6.07, 6.45) is 2.19. The number of hydrogen-bond donors (Lipinski definition) is 2. The van der Waals surface area contributed by atoms with Crippen molar-refractivity contribution in [1.29, 1.82) is 0 Å². The number of para-hydroxylation sites is 1. The van der Waals surface area contributed by atoms with Crippen molar-refractivity contribution in [3.8, 4) is 11.5 Å². The van der Waals surface area contributed by atoms with Crippen LogP contribution in [-0.2, 0) is 9.59 Å². The van der Waals surface area contributed by atoms with Crippen LogP contribution in [0.15, 0.2) is 42.5 Å². The second-order valence-corrected chi connectivity index (χ2v) is 9.26. The minimum Gasteiger partial charge on any atom is -0.454 e. The lowest BCUT2D eigenvalue weighted by molar-refractivity contribution is -0.132. The van der Waals surface area contributed by atoms with Crippen molar-refractivity contribution in [3.63, 3.8) is 0 Å². The minimum atomic E-state index is -0.332. The molecule has 190 valence electrons. The number of piperazine rings is 1. The lowest BCUT2D eigenvalue weighted by Gasteiger charge is -2.34. The number of rotatable bonds is 7. The van der Waals surface area contributed by atoms with E-state index in [-0.39, 0.29) is 31.1 Å². The largest absolute Gasteiger partial charge is 0.454 e. The summed E-state index contributed by atoms with van der Waals surface area (Å²) in [5.74, 6) is 0.907. The summed E-state index contributed by atoms with van der Waals surface area (Å²) in [4.78, 5) is 44.3. The third kappa shape index (κ3) is 5.77. The van der Waals surface area contributed by atoms with Crippen molar-refractivity contribution in [2.24, 2.45) is 0 Å². The van der Waals surface area contributed by atoms with Crippen molar-refractivity contribution in [2.45, 2.75) is 12.8 Å². The van der Waals surface area contributed by atoms with E-state index >= 15 is 0 Å². The van der Waals surface area contributed by atoms with Gasteiger partial charge in [0.05, 0.1) is 24.3 Å². The smallest absolute Gasteiger partial charge is 0.257 e. The molecular formula is C26H31N5O5. The molecule has 10 heteroatoms. The second-order valence-electron chi connectivity index (χ2n) is 9.26. The van der Waals surface area contributed by atoms with Gasteiger partial charge in [0.2, 0.25) is 18.6 Å². The number of hydrogen-bond acceptors (Lipinski definition) is 7. The molecule has 2 N–H and O–H groups in total. The van der Waals surface area contributed by atoms with E-state index in [2.05, 4.69) is 20.4 Å². The first-order valence-electron chi connectivity index (χ1n) is 12.4. The maximum atomic E-state index is 12.9. The molecule has 3 amide bonds. The summed E-state index contributed by atoms with van der Waals surface area (Å²) in [6, 6.07) is 12.1. The Labute approximate surface area is 210 Å². The highest BCUT2D eigenvalue weighted by Crippen LogP contribution is 2.34. The third-order valence-electron chi connectivity index (χ3n) is 6.73. The summed E-state index contributed by atoms with van der Waals surface area (Å²) in [5, 5.41) is 5.74. The number of anilines is 2. The monoisotopic (exact) mass is 493 g/mol. The molecule has 2 aromatic carbocycles. The van der Waals surface area contributed by atoms with E-state index in [1.54, 1.807) is 42.5 Å². The van der Waals surface area contributed by atoms with Crippen LogP contribution in [0.2, 0.25) is 0 Å². The van der Waals surface area contributed by atoms with E-state index in [4.69, 9.17) is 9.47 Å². The minimum absolute atomic E-state index is 0.160. The van der Waals surface area contributed by atoms with Gasteiger partial charge in [-0.05, 0) is 37.1 Å². The van der Waals surface area contributed by atoms with Crippen LogP contribution in [0.4, 0.5) is 11.4 Å². The fourth-order valence-electron chi connectivity index (χ4n) is 4.72. The third-order valence-corrected chi connectivity index (χ3v) is 6.73. The first-order chi connectivity index (χ1) is 17.5. The molecule has 0 bridgehead atoms. The average Bonchev–Trinajstić information content (AvgIpc) is 3.58. The highest BCUT2D eigenvalue weighted by atomic mass is 16.7. The number of ether oxygens (including phenoxy) is 2. The molecule has 0 aliphatic carbocycles. The number of fused-ring (bicyclic) bond motifs is 1. The lowest BCUT2D eigenvalue weighted by Crippen LogP contribution is -2.51. The standard InChI is InChI=1S/C26H31N5O5/c32-24(16-29-11-13-30(14-12-29)17-25(33)31-9-3-4-10-31)28-21-6-2-1-5-20(21)26(34)27-19-7-8-22-23(15-19)36-18-35-22/h1-2,5-8,15H,3-4,9-14,16-18H2,(H,27,34)(H,28,32). The number of likely N-dealkylation sites (tertiary alicyclic amines) is 1. The summed E-state index contributed by atoms with van der Waals surface area (Å²) in [6.45, 7) is 5.51. The number of nitrogens with zero attached hydrogens (tertiary/aromatic N) is 3. The van der Waals surface area contributed by atoms with Gasteiger partial charge in [-0.1, -0.05) is 12.1 Å². The highest BCUT2D eigenvalue weighted by molar-refractivity contribution is 6.10. The van der Waals surface area contributed by atoms with Gasteiger partial charge in [0.15, 0.2) is 11.5 Å². The van der Waals surface area contributed by atoms with E-state index in [9.17, 15) is 14.4 Å². The zero-order chi connectivity index (χ0) is 24.9. The van der Waals surface area contributed by atoms with Crippen molar-refractivity contribution < 1.29 is 23.9 Å². The molecule has 5 rings (SSSR count). The normalized spacial score (nSPS) is 17.7. The van der Waals surface area contributed by atoms with Crippen molar-refractivity contribution in [1.82, 2.24) is 14.7 Å². The lowest BCUT2D eigenvalue weighted by atomic mass is 10.1. The molecule has 36 heavy (non-hydrogen) atoms. The van der Waals surface area contributed by atoms with Gasteiger partial charge in [-0.25, -0.2) is 0 Å². The zero-order valence-electron chi connectivity index (χ0n) is 20.2. The van der Waals surface area contributed by atoms with Crippen molar-refractivity contribution in [2.75, 3.05) is 69.8 Å². The topological polar surface area (TPSA) is 103 Å². The van der Waals surface area contributed by atoms with E-state index in [0.717, 1.165) is 39.0 Å². The number of benzene rings is 2. The first-order valence-corrected chi connectivity index (χ1v) is 12.4. The SMILES string of the molecule is O=C(CN1CCN(CC(=O)N2CCCC2)CC1)Nc1ccccc1C(=O)Nc1ccc2c(c1)OCO2. The molecule has 3 heterocycles. The van der Waals surface area contributed by atoms with Crippen LogP contribution in [0.5, 0.6) is 11.5 Å². The predicted molar refractivity (Wildman–Crippen MR) is 134 cm³/mol. The molecule has 0 unspecified atom stereocenters. The van der Waals surface area contributed by atoms with Crippen LogP contribution < -0.4 is 20.1 Å². The molecule has 0 atom stereocenters. The van der Waals surface area contributed by atoms with E-state index in [1.165, 1.54) is 0 Å².